The predicted octanol–water partition coefficient (Wildman–Crippen LogP) is 5.78. The molecular weight excluding hydrogens is 433 g/mol. The SMILES string of the molecule is CCCN(C=O)C(=O)c1c(NC)ncc(Oc2ccccc2C(C)C)c1Cc1ccc(F)cc1. The Morgan fingerprint density at radius 3 is 2.47 bits per heavy atom. The van der Waals surface area contributed by atoms with Gasteiger partial charge in [0.25, 0.3) is 5.91 Å². The number of hydrogen-bond donors (Lipinski definition) is 1. The summed E-state index contributed by atoms with van der Waals surface area (Å²) in [6.45, 7) is 6.32. The molecule has 34 heavy (non-hydrogen) atoms. The normalized spacial score (nSPS) is 10.8. The zero-order chi connectivity index (χ0) is 24.7. The third-order valence-corrected chi connectivity index (χ3v) is 5.51. The average Bonchev–Trinajstić information content (AvgIpc) is 2.84. The lowest BCUT2D eigenvalue weighted by atomic mass is 9.98. The van der Waals surface area contributed by atoms with Gasteiger partial charge in [0.15, 0.2) is 0 Å². The number of imide groups is 1. The first-order chi connectivity index (χ1) is 16.4. The number of rotatable bonds is 10. The summed E-state index contributed by atoms with van der Waals surface area (Å²) < 4.78 is 19.9. The number of carbonyl (C=O) groups excluding carboxylic acids is 2. The molecule has 1 aromatic heterocycles. The standard InChI is InChI=1S/C27H30FN3O3/c1-5-14-31(17-32)27(33)25-22(15-19-10-12-20(28)13-11-19)24(16-30-26(25)29-4)34-23-9-7-6-8-21(23)18(2)3/h6-13,16-18H,5,14-15H2,1-4H3,(H,29,30). The predicted molar refractivity (Wildman–Crippen MR) is 131 cm³/mol. The summed E-state index contributed by atoms with van der Waals surface area (Å²) in [7, 11) is 1.67. The van der Waals surface area contributed by atoms with Crippen LogP contribution in [0.25, 0.3) is 0 Å². The van der Waals surface area contributed by atoms with Gasteiger partial charge in [0.05, 0.1) is 11.8 Å². The Morgan fingerprint density at radius 1 is 1.15 bits per heavy atom. The van der Waals surface area contributed by atoms with Crippen LogP contribution in [0, 0.1) is 5.82 Å². The minimum atomic E-state index is -0.464. The Morgan fingerprint density at radius 2 is 1.85 bits per heavy atom. The maximum Gasteiger partial charge on any atom is 0.264 e. The van der Waals surface area contributed by atoms with Crippen molar-refractivity contribution in [1.29, 1.82) is 0 Å². The Kier molecular flexibility index (Phi) is 8.35. The number of nitrogens with zero attached hydrogens (tertiary/aromatic N) is 2. The number of carbonyl (C=O) groups is 2. The van der Waals surface area contributed by atoms with Crippen molar-refractivity contribution < 1.29 is 18.7 Å². The molecule has 7 heteroatoms. The lowest BCUT2D eigenvalue weighted by Gasteiger charge is -2.22. The van der Waals surface area contributed by atoms with E-state index in [0.29, 0.717) is 35.7 Å². The number of pyridine rings is 1. The van der Waals surface area contributed by atoms with E-state index in [0.717, 1.165) is 16.0 Å². The monoisotopic (exact) mass is 463 g/mol. The maximum atomic E-state index is 13.5. The minimum absolute atomic E-state index is 0.220. The molecule has 178 valence electrons. The Bertz CT molecular complexity index is 1150. The van der Waals surface area contributed by atoms with Crippen molar-refractivity contribution in [2.75, 3.05) is 18.9 Å². The summed E-state index contributed by atoms with van der Waals surface area (Å²) in [5, 5.41) is 2.96. The van der Waals surface area contributed by atoms with E-state index >= 15 is 0 Å². The van der Waals surface area contributed by atoms with Crippen molar-refractivity contribution in [3.8, 4) is 11.5 Å². The van der Waals surface area contributed by atoms with Crippen molar-refractivity contribution in [3.05, 3.63) is 82.8 Å². The van der Waals surface area contributed by atoms with Crippen LogP contribution in [0.5, 0.6) is 11.5 Å². The largest absolute Gasteiger partial charge is 0.455 e. The summed E-state index contributed by atoms with van der Waals surface area (Å²) in [5.74, 6) is 0.821. The van der Waals surface area contributed by atoms with Gasteiger partial charge in [0, 0.05) is 25.6 Å². The van der Waals surface area contributed by atoms with Crippen molar-refractivity contribution in [3.63, 3.8) is 0 Å². The Labute approximate surface area is 199 Å². The van der Waals surface area contributed by atoms with Crippen molar-refractivity contribution in [2.45, 2.75) is 39.5 Å². The second-order valence-corrected chi connectivity index (χ2v) is 8.28. The van der Waals surface area contributed by atoms with Crippen molar-refractivity contribution >= 4 is 18.1 Å². The van der Waals surface area contributed by atoms with Crippen LogP contribution in [-0.4, -0.2) is 35.8 Å². The highest BCUT2D eigenvalue weighted by atomic mass is 19.1. The molecule has 6 nitrogen and oxygen atoms in total. The Hall–Kier alpha value is -3.74. The minimum Gasteiger partial charge on any atom is -0.455 e. The molecule has 0 aliphatic heterocycles. The topological polar surface area (TPSA) is 71.5 Å². The Balaban J connectivity index is 2.19. The first-order valence-corrected chi connectivity index (χ1v) is 11.4. The lowest BCUT2D eigenvalue weighted by molar-refractivity contribution is -0.116. The maximum absolute atomic E-state index is 13.5. The van der Waals surface area contributed by atoms with E-state index < -0.39 is 5.91 Å². The highest BCUT2D eigenvalue weighted by molar-refractivity contribution is 6.05. The van der Waals surface area contributed by atoms with E-state index in [1.54, 1.807) is 25.4 Å². The highest BCUT2D eigenvalue weighted by Gasteiger charge is 2.26. The first-order valence-electron chi connectivity index (χ1n) is 11.4. The van der Waals surface area contributed by atoms with Gasteiger partial charge >= 0.3 is 0 Å². The van der Waals surface area contributed by atoms with Gasteiger partial charge in [0.2, 0.25) is 6.41 Å². The van der Waals surface area contributed by atoms with Gasteiger partial charge < -0.3 is 10.1 Å². The number of amides is 2. The average molecular weight is 464 g/mol. The van der Waals surface area contributed by atoms with Gasteiger partial charge in [-0.1, -0.05) is 51.1 Å². The summed E-state index contributed by atoms with van der Waals surface area (Å²) >= 11 is 0. The molecule has 0 saturated heterocycles. The third-order valence-electron chi connectivity index (χ3n) is 5.51. The number of benzene rings is 2. The number of nitrogens with one attached hydrogen (secondary N) is 1. The molecule has 1 N–H and O–H groups in total. The molecular formula is C27H30FN3O3. The van der Waals surface area contributed by atoms with Crippen molar-refractivity contribution in [1.82, 2.24) is 9.88 Å². The first kappa shape index (κ1) is 24.9. The molecule has 0 spiro atoms. The molecule has 0 radical (unpaired) electrons. The zero-order valence-corrected chi connectivity index (χ0v) is 20.0. The number of para-hydroxylation sites is 1. The quantitative estimate of drug-likeness (QED) is 0.386. The molecule has 0 aliphatic carbocycles. The molecule has 1 heterocycles. The van der Waals surface area contributed by atoms with E-state index in [1.807, 2.05) is 31.2 Å². The summed E-state index contributed by atoms with van der Waals surface area (Å²) in [6.07, 6.45) is 3.02. The lowest BCUT2D eigenvalue weighted by Crippen LogP contribution is -2.32. The van der Waals surface area contributed by atoms with Gasteiger partial charge in [-0.3, -0.25) is 14.5 Å². The number of halogens is 1. The van der Waals surface area contributed by atoms with E-state index in [-0.39, 0.29) is 30.3 Å². The van der Waals surface area contributed by atoms with E-state index in [1.165, 1.54) is 12.1 Å². The van der Waals surface area contributed by atoms with Crippen LogP contribution >= 0.6 is 0 Å². The summed E-state index contributed by atoms with van der Waals surface area (Å²) in [4.78, 5) is 30.8. The molecule has 0 unspecified atom stereocenters. The molecule has 0 atom stereocenters. The number of hydrogen-bond acceptors (Lipinski definition) is 5. The second kappa shape index (κ2) is 11.4. The van der Waals surface area contributed by atoms with Crippen LogP contribution in [0.3, 0.4) is 0 Å². The molecule has 2 aromatic carbocycles. The van der Waals surface area contributed by atoms with Crippen LogP contribution in [0.2, 0.25) is 0 Å². The van der Waals surface area contributed by atoms with Crippen LogP contribution in [0.15, 0.2) is 54.7 Å². The van der Waals surface area contributed by atoms with E-state index in [4.69, 9.17) is 4.74 Å². The van der Waals surface area contributed by atoms with Crippen LogP contribution < -0.4 is 10.1 Å². The van der Waals surface area contributed by atoms with E-state index in [2.05, 4.69) is 24.1 Å². The molecule has 2 amide bonds. The van der Waals surface area contributed by atoms with Gasteiger partial charge in [-0.05, 0) is 41.7 Å². The molecule has 0 aliphatic rings. The molecule has 0 saturated carbocycles. The van der Waals surface area contributed by atoms with Gasteiger partial charge in [-0.2, -0.15) is 0 Å². The molecule has 0 fully saturated rings. The fraction of sp³-hybridized carbons (Fsp3) is 0.296. The van der Waals surface area contributed by atoms with Gasteiger partial charge in [0.1, 0.15) is 23.1 Å². The van der Waals surface area contributed by atoms with E-state index in [9.17, 15) is 14.0 Å². The van der Waals surface area contributed by atoms with Crippen LogP contribution in [-0.2, 0) is 11.2 Å². The molecule has 3 aromatic rings. The smallest absolute Gasteiger partial charge is 0.264 e. The molecule has 0 bridgehead atoms. The second-order valence-electron chi connectivity index (χ2n) is 8.28. The highest BCUT2D eigenvalue weighted by Crippen LogP contribution is 2.36. The van der Waals surface area contributed by atoms with Gasteiger partial charge in [-0.15, -0.1) is 0 Å². The third kappa shape index (κ3) is 5.60. The molecule has 3 rings (SSSR count). The number of anilines is 1. The summed E-state index contributed by atoms with van der Waals surface area (Å²) in [5.41, 5.74) is 2.63. The van der Waals surface area contributed by atoms with Crippen LogP contribution in [0.4, 0.5) is 10.2 Å². The summed E-state index contributed by atoms with van der Waals surface area (Å²) in [6, 6.07) is 13.8. The number of ether oxygens (including phenoxy) is 1. The fourth-order valence-corrected chi connectivity index (χ4v) is 3.78. The van der Waals surface area contributed by atoms with Crippen LogP contribution in [0.1, 0.15) is 60.2 Å². The van der Waals surface area contributed by atoms with Crippen molar-refractivity contribution in [2.24, 2.45) is 0 Å². The number of aromatic nitrogens is 1. The zero-order valence-electron chi connectivity index (χ0n) is 20.0. The fourth-order valence-electron chi connectivity index (χ4n) is 3.78. The van der Waals surface area contributed by atoms with Gasteiger partial charge in [-0.25, -0.2) is 9.37 Å².